The van der Waals surface area contributed by atoms with Crippen LogP contribution in [0.5, 0.6) is 0 Å². The van der Waals surface area contributed by atoms with Gasteiger partial charge in [-0.15, -0.1) is 0 Å². The molecular formula is C18H28O2Si. The predicted octanol–water partition coefficient (Wildman–Crippen LogP) is 4.90. The van der Waals surface area contributed by atoms with Gasteiger partial charge < -0.3 is 4.43 Å². The number of rotatable bonds is 5. The molecule has 0 unspecified atom stereocenters. The zero-order valence-corrected chi connectivity index (χ0v) is 14.8. The average Bonchev–Trinajstić information content (AvgIpc) is 2.45. The molecule has 0 heterocycles. The van der Waals surface area contributed by atoms with Crippen LogP contribution >= 0.6 is 0 Å². The third-order valence-corrected chi connectivity index (χ3v) is 5.31. The molecule has 21 heavy (non-hydrogen) atoms. The van der Waals surface area contributed by atoms with Crippen LogP contribution in [0.4, 0.5) is 0 Å². The summed E-state index contributed by atoms with van der Waals surface area (Å²) in [5, 5.41) is 0. The second-order valence-electron chi connectivity index (χ2n) is 7.21. The zero-order valence-electron chi connectivity index (χ0n) is 13.8. The molecule has 1 fully saturated rings. The van der Waals surface area contributed by atoms with Crippen molar-refractivity contribution in [2.45, 2.75) is 64.3 Å². The Morgan fingerprint density at radius 1 is 1.10 bits per heavy atom. The van der Waals surface area contributed by atoms with Crippen LogP contribution in [0, 0.1) is 5.92 Å². The van der Waals surface area contributed by atoms with Gasteiger partial charge in [-0.2, -0.15) is 0 Å². The van der Waals surface area contributed by atoms with Crippen molar-refractivity contribution in [3.63, 3.8) is 0 Å². The third-order valence-electron chi connectivity index (χ3n) is 4.37. The van der Waals surface area contributed by atoms with Crippen molar-refractivity contribution in [1.29, 1.82) is 0 Å². The largest absolute Gasteiger partial charge is 0.401 e. The Hall–Kier alpha value is -0.933. The van der Waals surface area contributed by atoms with Gasteiger partial charge in [0.2, 0.25) is 0 Å². The van der Waals surface area contributed by atoms with Crippen LogP contribution in [0.25, 0.3) is 0 Å². The lowest BCUT2D eigenvalue weighted by Crippen LogP contribution is -2.51. The topological polar surface area (TPSA) is 26.3 Å². The third kappa shape index (κ3) is 3.64. The highest BCUT2D eigenvalue weighted by atomic mass is 28.4. The van der Waals surface area contributed by atoms with Crippen molar-refractivity contribution >= 4 is 14.1 Å². The molecular weight excluding hydrogens is 276 g/mol. The number of carbonyl (C=O) groups is 1. The Kier molecular flexibility index (Phi) is 5.05. The van der Waals surface area contributed by atoms with E-state index in [1.165, 1.54) is 19.3 Å². The van der Waals surface area contributed by atoms with Crippen LogP contribution in [0.15, 0.2) is 30.3 Å². The van der Waals surface area contributed by atoms with E-state index >= 15 is 0 Å². The van der Waals surface area contributed by atoms with E-state index in [0.717, 1.165) is 18.4 Å². The molecule has 3 heteroatoms. The highest BCUT2D eigenvalue weighted by Gasteiger charge is 2.48. The minimum Gasteiger partial charge on any atom is -0.401 e. The molecule has 0 spiro atoms. The summed E-state index contributed by atoms with van der Waals surface area (Å²) in [6, 6.07) is 10.2. The van der Waals surface area contributed by atoms with Gasteiger partial charge >= 0.3 is 0 Å². The summed E-state index contributed by atoms with van der Waals surface area (Å²) in [5.74, 6) is 0.487. The Bertz CT molecular complexity index is 472. The van der Waals surface area contributed by atoms with Crippen molar-refractivity contribution in [1.82, 2.24) is 0 Å². The molecule has 0 radical (unpaired) electrons. The molecule has 0 N–H and O–H groups in total. The fourth-order valence-electron chi connectivity index (χ4n) is 3.62. The first kappa shape index (κ1) is 16.4. The molecule has 2 nitrogen and oxygen atoms in total. The minimum absolute atomic E-state index is 0.169. The highest BCUT2D eigenvalue weighted by Crippen LogP contribution is 2.44. The van der Waals surface area contributed by atoms with E-state index in [2.05, 4.69) is 31.8 Å². The van der Waals surface area contributed by atoms with E-state index in [-0.39, 0.29) is 5.78 Å². The van der Waals surface area contributed by atoms with Gasteiger partial charge in [0.1, 0.15) is 5.60 Å². The molecule has 1 atom stereocenters. The second-order valence-corrected chi connectivity index (χ2v) is 11.6. The first-order valence-corrected chi connectivity index (χ1v) is 11.5. The van der Waals surface area contributed by atoms with Gasteiger partial charge in [-0.05, 0) is 50.9 Å². The van der Waals surface area contributed by atoms with Gasteiger partial charge in [-0.25, -0.2) is 0 Å². The van der Waals surface area contributed by atoms with E-state index in [1.54, 1.807) is 6.92 Å². The molecule has 1 aliphatic rings. The first-order valence-electron chi connectivity index (χ1n) is 8.13. The molecule has 0 aliphatic heterocycles. The van der Waals surface area contributed by atoms with Gasteiger partial charge in [0.05, 0.1) is 0 Å². The molecule has 116 valence electrons. The lowest BCUT2D eigenvalue weighted by atomic mass is 9.71. The number of hydrogen-bond acceptors (Lipinski definition) is 2. The Morgan fingerprint density at radius 3 is 2.14 bits per heavy atom. The standard InChI is InChI=1S/C18H28O2Si/c1-15(19)18(20-21(2,3)4,16-11-7-5-8-12-16)17-13-9-6-10-14-17/h5,7-8,11-12,17H,6,9-10,13-14H2,1-4H3/t18-/m0/s1. The van der Waals surface area contributed by atoms with Crippen LogP contribution in [-0.4, -0.2) is 14.1 Å². The van der Waals surface area contributed by atoms with Crippen molar-refractivity contribution in [2.24, 2.45) is 5.92 Å². The predicted molar refractivity (Wildman–Crippen MR) is 89.8 cm³/mol. The summed E-state index contributed by atoms with van der Waals surface area (Å²) in [4.78, 5) is 12.7. The summed E-state index contributed by atoms with van der Waals surface area (Å²) < 4.78 is 6.60. The fourth-order valence-corrected chi connectivity index (χ4v) is 5.01. The smallest absolute Gasteiger partial charge is 0.185 e. The molecule has 1 aromatic carbocycles. The van der Waals surface area contributed by atoms with E-state index in [0.29, 0.717) is 5.92 Å². The van der Waals surface area contributed by atoms with Gasteiger partial charge in [-0.1, -0.05) is 49.6 Å². The van der Waals surface area contributed by atoms with Gasteiger partial charge in [-0.3, -0.25) is 4.79 Å². The van der Waals surface area contributed by atoms with Crippen LogP contribution < -0.4 is 0 Å². The minimum atomic E-state index is -1.84. The van der Waals surface area contributed by atoms with E-state index in [1.807, 2.05) is 18.2 Å². The molecule has 1 saturated carbocycles. The molecule has 1 aliphatic carbocycles. The normalized spacial score (nSPS) is 20.0. The quantitative estimate of drug-likeness (QED) is 0.723. The Labute approximate surface area is 130 Å². The van der Waals surface area contributed by atoms with Crippen LogP contribution in [0.3, 0.4) is 0 Å². The second kappa shape index (κ2) is 6.45. The highest BCUT2D eigenvalue weighted by molar-refractivity contribution is 6.70. The number of carbonyl (C=O) groups excluding carboxylic acids is 1. The summed E-state index contributed by atoms with van der Waals surface area (Å²) in [5.41, 5.74) is 0.318. The Morgan fingerprint density at radius 2 is 1.67 bits per heavy atom. The molecule has 0 saturated heterocycles. The van der Waals surface area contributed by atoms with Crippen molar-refractivity contribution in [3.05, 3.63) is 35.9 Å². The molecule has 1 aromatic rings. The van der Waals surface area contributed by atoms with E-state index in [4.69, 9.17) is 4.43 Å². The van der Waals surface area contributed by atoms with E-state index in [9.17, 15) is 4.79 Å². The van der Waals surface area contributed by atoms with Gasteiger partial charge in [0, 0.05) is 0 Å². The lowest BCUT2D eigenvalue weighted by Gasteiger charge is -2.45. The molecule has 0 amide bonds. The van der Waals surface area contributed by atoms with Crippen molar-refractivity contribution in [2.75, 3.05) is 0 Å². The monoisotopic (exact) mass is 304 g/mol. The van der Waals surface area contributed by atoms with Crippen LogP contribution in [-0.2, 0) is 14.8 Å². The molecule has 0 aromatic heterocycles. The number of Topliss-reactive ketones (excluding diaryl/α,β-unsaturated/α-hetero) is 1. The van der Waals surface area contributed by atoms with Gasteiger partial charge in [0.25, 0.3) is 0 Å². The summed E-state index contributed by atoms with van der Waals surface area (Å²) >= 11 is 0. The van der Waals surface area contributed by atoms with E-state index < -0.39 is 13.9 Å². The summed E-state index contributed by atoms with van der Waals surface area (Å²) in [6.45, 7) is 8.24. The average molecular weight is 305 g/mol. The first-order chi connectivity index (χ1) is 9.86. The maximum Gasteiger partial charge on any atom is 0.185 e. The SMILES string of the molecule is CC(=O)[C@](O[Si](C)(C)C)(c1ccccc1)C1CCCCC1. The maximum absolute atomic E-state index is 12.7. The number of hydrogen-bond donors (Lipinski definition) is 0. The van der Waals surface area contributed by atoms with Crippen molar-refractivity contribution < 1.29 is 9.22 Å². The number of ketones is 1. The lowest BCUT2D eigenvalue weighted by molar-refractivity contribution is -0.141. The Balaban J connectivity index is 2.51. The molecule has 2 rings (SSSR count). The summed E-state index contributed by atoms with van der Waals surface area (Å²) in [7, 11) is -1.84. The van der Waals surface area contributed by atoms with Crippen molar-refractivity contribution in [3.8, 4) is 0 Å². The van der Waals surface area contributed by atoms with Crippen LogP contribution in [0.1, 0.15) is 44.6 Å². The fraction of sp³-hybridized carbons (Fsp3) is 0.611. The summed E-state index contributed by atoms with van der Waals surface area (Å²) in [6.07, 6.45) is 5.90. The number of benzene rings is 1. The molecule has 0 bridgehead atoms. The van der Waals surface area contributed by atoms with Crippen LogP contribution in [0.2, 0.25) is 19.6 Å². The maximum atomic E-state index is 12.7. The zero-order chi connectivity index (χ0) is 15.5. The van der Waals surface area contributed by atoms with Gasteiger partial charge in [0.15, 0.2) is 14.1 Å².